The smallest absolute Gasteiger partial charge is 0.257 e. The molecule has 1 aromatic heterocycles. The van der Waals surface area contributed by atoms with Crippen LogP contribution in [0.5, 0.6) is 0 Å². The Bertz CT molecular complexity index is 964. The van der Waals surface area contributed by atoms with Crippen molar-refractivity contribution in [2.45, 2.75) is 26.2 Å². The monoisotopic (exact) mass is 363 g/mol. The highest BCUT2D eigenvalue weighted by atomic mass is 19.1. The first kappa shape index (κ1) is 18.6. The van der Waals surface area contributed by atoms with Crippen molar-refractivity contribution in [1.29, 1.82) is 0 Å². The Labute approximate surface area is 158 Å². The Balaban J connectivity index is 1.81. The van der Waals surface area contributed by atoms with Gasteiger partial charge in [0.1, 0.15) is 5.82 Å². The topological polar surface area (TPSA) is 54.0 Å². The number of nitrogens with zero attached hydrogens (tertiary/aromatic N) is 1. The van der Waals surface area contributed by atoms with E-state index < -0.39 is 0 Å². The summed E-state index contributed by atoms with van der Waals surface area (Å²) in [6.07, 6.45) is 3.09. The molecule has 27 heavy (non-hydrogen) atoms. The zero-order valence-corrected chi connectivity index (χ0v) is 15.6. The molecule has 0 radical (unpaired) electrons. The second kappa shape index (κ2) is 7.58. The number of pyridine rings is 1. The molecule has 0 spiro atoms. The molecule has 3 aromatic rings. The van der Waals surface area contributed by atoms with E-state index in [-0.39, 0.29) is 17.1 Å². The van der Waals surface area contributed by atoms with Crippen molar-refractivity contribution in [3.63, 3.8) is 0 Å². The van der Waals surface area contributed by atoms with E-state index in [0.717, 1.165) is 11.3 Å². The van der Waals surface area contributed by atoms with E-state index in [0.29, 0.717) is 16.9 Å². The minimum absolute atomic E-state index is 0.0943. The maximum atomic E-state index is 13.3. The van der Waals surface area contributed by atoms with E-state index in [9.17, 15) is 9.18 Å². The predicted molar refractivity (Wildman–Crippen MR) is 107 cm³/mol. The van der Waals surface area contributed by atoms with Crippen LogP contribution in [0.15, 0.2) is 67.0 Å². The first-order valence-electron chi connectivity index (χ1n) is 8.71. The molecule has 0 bridgehead atoms. The van der Waals surface area contributed by atoms with Crippen molar-refractivity contribution < 1.29 is 9.18 Å². The normalized spacial score (nSPS) is 11.1. The molecule has 0 aliphatic rings. The van der Waals surface area contributed by atoms with Gasteiger partial charge in [-0.15, -0.1) is 0 Å². The van der Waals surface area contributed by atoms with Gasteiger partial charge in [0.25, 0.3) is 5.91 Å². The highest BCUT2D eigenvalue weighted by molar-refractivity contribution is 6.05. The lowest BCUT2D eigenvalue weighted by Gasteiger charge is -2.23. The van der Waals surface area contributed by atoms with E-state index in [1.807, 2.05) is 24.3 Å². The average Bonchev–Trinajstić information content (AvgIpc) is 2.61. The van der Waals surface area contributed by atoms with Gasteiger partial charge >= 0.3 is 0 Å². The lowest BCUT2D eigenvalue weighted by atomic mass is 9.86. The Morgan fingerprint density at radius 1 is 0.963 bits per heavy atom. The van der Waals surface area contributed by atoms with Gasteiger partial charge in [-0.05, 0) is 41.3 Å². The number of halogens is 1. The molecular weight excluding hydrogens is 341 g/mol. The summed E-state index contributed by atoms with van der Waals surface area (Å²) in [4.78, 5) is 16.8. The van der Waals surface area contributed by atoms with Crippen molar-refractivity contribution in [2.75, 3.05) is 10.6 Å². The summed E-state index contributed by atoms with van der Waals surface area (Å²) < 4.78 is 13.3. The third kappa shape index (κ3) is 4.70. The number of anilines is 3. The van der Waals surface area contributed by atoms with Gasteiger partial charge < -0.3 is 10.6 Å². The molecule has 0 fully saturated rings. The van der Waals surface area contributed by atoms with Gasteiger partial charge in [-0.1, -0.05) is 45.0 Å². The van der Waals surface area contributed by atoms with E-state index in [1.54, 1.807) is 24.4 Å². The van der Waals surface area contributed by atoms with Crippen LogP contribution in [0, 0.1) is 5.82 Å². The molecular formula is C22H22FN3O. The largest absolute Gasteiger partial charge is 0.354 e. The number of nitrogens with one attached hydrogen (secondary N) is 2. The number of para-hydroxylation sites is 1. The zero-order chi connectivity index (χ0) is 19.4. The predicted octanol–water partition coefficient (Wildman–Crippen LogP) is 5.51. The summed E-state index contributed by atoms with van der Waals surface area (Å²) in [5.74, 6) is -0.581. The number of aromatic nitrogens is 1. The molecule has 2 aromatic carbocycles. The van der Waals surface area contributed by atoms with E-state index >= 15 is 0 Å². The first-order chi connectivity index (χ1) is 12.8. The summed E-state index contributed by atoms with van der Waals surface area (Å²) >= 11 is 0. The van der Waals surface area contributed by atoms with Crippen molar-refractivity contribution >= 4 is 23.0 Å². The van der Waals surface area contributed by atoms with Crippen LogP contribution in [0.3, 0.4) is 0 Å². The summed E-state index contributed by atoms with van der Waals surface area (Å²) in [6, 6.07) is 15.6. The summed E-state index contributed by atoms with van der Waals surface area (Å²) in [5.41, 5.74) is 3.35. The van der Waals surface area contributed by atoms with Crippen LogP contribution in [0.25, 0.3) is 0 Å². The quantitative estimate of drug-likeness (QED) is 0.642. The SMILES string of the molecule is CC(C)(C)c1ccccc1NC(=O)c1cncc(Nc2cccc(F)c2)c1. The van der Waals surface area contributed by atoms with Crippen molar-refractivity contribution in [3.05, 3.63) is 83.9 Å². The number of rotatable bonds is 4. The second-order valence-corrected chi connectivity index (χ2v) is 7.35. The number of carbonyl (C=O) groups excluding carboxylic acids is 1. The molecule has 1 heterocycles. The summed E-state index contributed by atoms with van der Waals surface area (Å²) in [6.45, 7) is 6.30. The molecule has 3 rings (SSSR count). The molecule has 1 amide bonds. The second-order valence-electron chi connectivity index (χ2n) is 7.35. The van der Waals surface area contributed by atoms with Crippen LogP contribution in [0.1, 0.15) is 36.7 Å². The Hall–Kier alpha value is -3.21. The molecule has 0 atom stereocenters. The number of carbonyl (C=O) groups is 1. The molecule has 4 nitrogen and oxygen atoms in total. The van der Waals surface area contributed by atoms with Crippen LogP contribution < -0.4 is 10.6 Å². The number of benzene rings is 2. The lowest BCUT2D eigenvalue weighted by Crippen LogP contribution is -2.18. The first-order valence-corrected chi connectivity index (χ1v) is 8.71. The minimum Gasteiger partial charge on any atom is -0.354 e. The molecule has 2 N–H and O–H groups in total. The fourth-order valence-electron chi connectivity index (χ4n) is 2.81. The molecule has 0 aliphatic heterocycles. The van der Waals surface area contributed by atoms with Gasteiger partial charge in [-0.2, -0.15) is 0 Å². The molecule has 138 valence electrons. The number of hydrogen-bond donors (Lipinski definition) is 2. The highest BCUT2D eigenvalue weighted by Crippen LogP contribution is 2.29. The maximum Gasteiger partial charge on any atom is 0.257 e. The highest BCUT2D eigenvalue weighted by Gasteiger charge is 2.19. The van der Waals surface area contributed by atoms with Crippen molar-refractivity contribution in [3.8, 4) is 0 Å². The standard InChI is InChI=1S/C22H22FN3O/c1-22(2,3)19-9-4-5-10-20(19)26-21(27)15-11-18(14-24-13-15)25-17-8-6-7-16(23)12-17/h4-14,25H,1-3H3,(H,26,27). The van der Waals surface area contributed by atoms with Gasteiger partial charge in [0.2, 0.25) is 0 Å². The van der Waals surface area contributed by atoms with Crippen LogP contribution >= 0.6 is 0 Å². The molecule has 0 saturated heterocycles. The zero-order valence-electron chi connectivity index (χ0n) is 15.6. The van der Waals surface area contributed by atoms with Gasteiger partial charge in [-0.3, -0.25) is 9.78 Å². The van der Waals surface area contributed by atoms with Gasteiger partial charge in [0.15, 0.2) is 0 Å². The van der Waals surface area contributed by atoms with E-state index in [4.69, 9.17) is 0 Å². The van der Waals surface area contributed by atoms with Crippen LogP contribution in [0.2, 0.25) is 0 Å². The van der Waals surface area contributed by atoms with Gasteiger partial charge in [0, 0.05) is 17.6 Å². The molecule has 5 heteroatoms. The van der Waals surface area contributed by atoms with Crippen LogP contribution in [-0.4, -0.2) is 10.9 Å². The molecule has 0 aliphatic carbocycles. The van der Waals surface area contributed by atoms with Crippen molar-refractivity contribution in [1.82, 2.24) is 4.98 Å². The maximum absolute atomic E-state index is 13.3. The minimum atomic E-state index is -0.333. The summed E-state index contributed by atoms with van der Waals surface area (Å²) in [7, 11) is 0. The Morgan fingerprint density at radius 3 is 2.48 bits per heavy atom. The number of amides is 1. The molecule has 0 unspecified atom stereocenters. The fourth-order valence-corrected chi connectivity index (χ4v) is 2.81. The molecule has 0 saturated carbocycles. The Kier molecular flexibility index (Phi) is 5.21. The fraction of sp³-hybridized carbons (Fsp3) is 0.182. The van der Waals surface area contributed by atoms with E-state index in [2.05, 4.69) is 36.4 Å². The van der Waals surface area contributed by atoms with Crippen molar-refractivity contribution in [2.24, 2.45) is 0 Å². The lowest BCUT2D eigenvalue weighted by molar-refractivity contribution is 0.102. The summed E-state index contributed by atoms with van der Waals surface area (Å²) in [5, 5.41) is 6.02. The number of hydrogen-bond acceptors (Lipinski definition) is 3. The third-order valence-electron chi connectivity index (χ3n) is 4.10. The Morgan fingerprint density at radius 2 is 1.74 bits per heavy atom. The average molecular weight is 363 g/mol. The van der Waals surface area contributed by atoms with E-state index in [1.165, 1.54) is 18.3 Å². The van der Waals surface area contributed by atoms with Gasteiger partial charge in [0.05, 0.1) is 17.4 Å². The van der Waals surface area contributed by atoms with Gasteiger partial charge in [-0.25, -0.2) is 4.39 Å². The van der Waals surface area contributed by atoms with Crippen LogP contribution in [0.4, 0.5) is 21.5 Å². The third-order valence-corrected chi connectivity index (χ3v) is 4.10. The van der Waals surface area contributed by atoms with Crippen LogP contribution in [-0.2, 0) is 5.41 Å².